The van der Waals surface area contributed by atoms with Crippen LogP contribution in [0, 0.1) is 10.8 Å². The van der Waals surface area contributed by atoms with Crippen molar-refractivity contribution in [2.45, 2.75) is 207 Å². The Morgan fingerprint density at radius 2 is 1.24 bits per heavy atom. The Kier molecular flexibility index (Phi) is 28.3. The lowest BCUT2D eigenvalue weighted by molar-refractivity contribution is -0.334. The summed E-state index contributed by atoms with van der Waals surface area (Å²) in [5.74, 6) is -17.0. The number of aliphatic carboxylic acids is 1. The van der Waals surface area contributed by atoms with E-state index in [0.717, 1.165) is 82.4 Å². The molecule has 41 heteroatoms. The number of aliphatic hydroxyl groups excluding tert-OH is 6. The van der Waals surface area contributed by atoms with Crippen LogP contribution in [0.25, 0.3) is 22.3 Å². The quantitative estimate of drug-likeness (QED) is 0.0357. The smallest absolute Gasteiger partial charge is 0.330 e. The van der Waals surface area contributed by atoms with Crippen LogP contribution < -0.4 is 62.9 Å². The highest BCUT2D eigenvalue weighted by Crippen LogP contribution is 2.51. The van der Waals surface area contributed by atoms with Crippen LogP contribution in [-0.2, 0) is 68.6 Å². The minimum absolute atomic E-state index is 0.0652. The molecule has 7 aromatic rings. The summed E-state index contributed by atoms with van der Waals surface area (Å²) >= 11 is 20.8. The largest absolute Gasteiger partial charge is 0.508 e. The van der Waals surface area contributed by atoms with Crippen LogP contribution in [0.5, 0.6) is 46.0 Å². The molecule has 7 amide bonds. The van der Waals surface area contributed by atoms with Gasteiger partial charge in [-0.05, 0) is 146 Å². The zero-order valence-corrected chi connectivity index (χ0v) is 71.4. The zero-order valence-electron chi connectivity index (χ0n) is 69.1. The molecule has 3 saturated heterocycles. The molecule has 8 aliphatic heterocycles. The number of carbonyl (C=O) groups excluding carboxylic acids is 7. The van der Waals surface area contributed by atoms with Gasteiger partial charge < -0.3 is 138 Å². The molecule has 678 valence electrons. The van der Waals surface area contributed by atoms with Gasteiger partial charge in [-0.25, -0.2) is 4.79 Å². The number of carboxylic acids is 1. The molecule has 127 heavy (non-hydrogen) atoms. The third-order valence-electron chi connectivity index (χ3n) is 23.1. The molecular weight excluding hydrogens is 1730 g/mol. The van der Waals surface area contributed by atoms with Crippen LogP contribution in [0.3, 0.4) is 0 Å². The number of nitrogens with zero attached hydrogens (tertiary/aromatic N) is 2. The number of nitroso groups, excluding NO2 is 1. The van der Waals surface area contributed by atoms with E-state index in [4.69, 9.17) is 84.2 Å². The van der Waals surface area contributed by atoms with Crippen molar-refractivity contribution in [1.82, 2.24) is 42.2 Å². The van der Waals surface area contributed by atoms with Crippen molar-refractivity contribution in [1.29, 1.82) is 0 Å². The monoisotopic (exact) mass is 1820 g/mol. The first-order valence-electron chi connectivity index (χ1n) is 40.4. The SMILES string of the molecule is CC(C)C[C@H](C(=O)N[C@H]1C(=O)N[C@@H](CC(N)=O)C(=O)N[C@H]2C(=O)N[C@H]3C(=O)N[C@H](C(=O)N[C@H](C(=O)O)c4cc(O)cc(O)c4-c4cc3ccc4O)[C@H](O[C@H]3C[C@](C)(N)[C@@H](O)[C@H](C)O3)c3ccc(c(Cl)c3)Oc3cc2cc(c3O[C@@H]2O[C@H](CO)[C@@H](O)[C@H](O)[C@H]2O[C@H]2C[C@](C)(NCc3ccc(-c4ccc(Cl)cc4)cc3)[C@@H](O)[C@H](C)O2)Oc2ccc(cc2Cl)[C@H]1O)N(C)N=O. The van der Waals surface area contributed by atoms with E-state index in [9.17, 15) is 70.4 Å². The Hall–Kier alpha value is -11.2. The van der Waals surface area contributed by atoms with Crippen molar-refractivity contribution < 1.29 is 127 Å². The standard InChI is InChI=1S/C86H96Cl3N11O27/c1-35(2)22-52(100(7)99-119)78(112)97-67-69(106)42-15-20-55(49(88)24-42)122-57-26-44-27-58(73(57)127-84-74(71(108)70(107)59(34-101)124-84)126-62-32-86(6,76(110)37(4)121-62)92-33-38-8-10-39(11-9-38)40-12-17-45(87)18-13-40)123-56-21-16-43(25-50(56)89)72(125-61-31-85(5,91)75(109)36(3)120-61)68-82(116)96-66(83(117)118)48-28-46(102)29-54(104)63(48)47-23-41(14-19-53(47)103)64(79(113)98-68)95-80(114)65(44)94-77(111)51(30-60(90)105)93-81(67)115/h8-21,23-29,35-37,51-52,59,61-62,64-72,74-76,84,92,101-104,106-110H,22,30-34,91H2,1-7H3,(H2,90,105)(H,93,115)(H,94,111)(H,95,114)(H,96,116)(H,97,112)(H,98,113)(H,117,118)/t36-,37-,51-,52+,59+,61-,62-,64+,65+,66-,67+,68-,69+,70+,71-,72+,74+,75-,76-,84-,85-,86-/m0/s1. The van der Waals surface area contributed by atoms with Crippen molar-refractivity contribution >= 4 is 82.1 Å². The van der Waals surface area contributed by atoms with E-state index in [1.807, 2.05) is 36.4 Å². The fraction of sp³-hybridized carbons (Fsp3) is 0.419. The highest BCUT2D eigenvalue weighted by Gasteiger charge is 2.53. The van der Waals surface area contributed by atoms with Crippen molar-refractivity contribution in [3.8, 4) is 68.2 Å². The van der Waals surface area contributed by atoms with Gasteiger partial charge in [-0.15, -0.1) is 4.91 Å². The number of primary amides is 1. The van der Waals surface area contributed by atoms with Crippen LogP contribution >= 0.6 is 34.8 Å². The number of nitrogens with one attached hydrogen (secondary N) is 7. The lowest BCUT2D eigenvalue weighted by atomic mass is 9.84. The predicted molar refractivity (Wildman–Crippen MR) is 450 cm³/mol. The number of carbonyl (C=O) groups is 8. The molecule has 8 heterocycles. The maximum atomic E-state index is 16.6. The fourth-order valence-electron chi connectivity index (χ4n) is 16.3. The molecule has 7 aromatic carbocycles. The van der Waals surface area contributed by atoms with Gasteiger partial charge in [0.15, 0.2) is 36.2 Å². The number of nitrogens with two attached hydrogens (primary N) is 2. The second-order valence-electron chi connectivity index (χ2n) is 33.1. The minimum Gasteiger partial charge on any atom is -0.508 e. The average molecular weight is 1820 g/mol. The highest BCUT2D eigenvalue weighted by atomic mass is 35.5. The van der Waals surface area contributed by atoms with Gasteiger partial charge in [-0.3, -0.25) is 38.6 Å². The van der Waals surface area contributed by atoms with E-state index in [1.54, 1.807) is 39.8 Å². The Morgan fingerprint density at radius 1 is 0.654 bits per heavy atom. The number of hydrogen-bond donors (Lipinski definition) is 19. The van der Waals surface area contributed by atoms with E-state index in [2.05, 4.69) is 42.5 Å². The third kappa shape index (κ3) is 20.4. The zero-order chi connectivity index (χ0) is 91.9. The van der Waals surface area contributed by atoms with Gasteiger partial charge in [0.25, 0.3) is 0 Å². The number of fused-ring (bicyclic) bond motifs is 15. The topological polar surface area (TPSA) is 582 Å². The Morgan fingerprint density at radius 3 is 1.85 bits per heavy atom. The van der Waals surface area contributed by atoms with Crippen LogP contribution in [0.4, 0.5) is 0 Å². The van der Waals surface area contributed by atoms with Crippen LogP contribution in [-0.4, -0.2) is 220 Å². The number of amides is 7. The molecule has 0 aliphatic carbocycles. The van der Waals surface area contributed by atoms with Crippen molar-refractivity contribution in [2.75, 3.05) is 13.7 Å². The first-order chi connectivity index (χ1) is 60.1. The minimum atomic E-state index is -2.44. The summed E-state index contributed by atoms with van der Waals surface area (Å²) in [6.45, 7) is 8.78. The van der Waals surface area contributed by atoms with Crippen molar-refractivity contribution in [3.63, 3.8) is 0 Å². The second kappa shape index (κ2) is 38.4. The molecule has 3 fully saturated rings. The fourth-order valence-corrected chi connectivity index (χ4v) is 16.8. The number of halogens is 3. The Labute approximate surface area is 740 Å². The van der Waals surface area contributed by atoms with E-state index >= 15 is 24.0 Å². The number of benzene rings is 7. The van der Waals surface area contributed by atoms with E-state index in [-0.39, 0.29) is 42.9 Å². The lowest BCUT2D eigenvalue weighted by Crippen LogP contribution is -2.65. The number of likely N-dealkylation sites (N-methyl/N-ethyl adjacent to an activating group) is 1. The molecule has 21 N–H and O–H groups in total. The Bertz CT molecular complexity index is 5350. The van der Waals surface area contributed by atoms with E-state index < -0.39 is 277 Å². The molecule has 8 aliphatic rings. The molecule has 22 atom stereocenters. The molecule has 0 radical (unpaired) electrons. The van der Waals surface area contributed by atoms with Gasteiger partial charge in [-0.1, -0.05) is 103 Å². The summed E-state index contributed by atoms with van der Waals surface area (Å²) < 4.78 is 52.8. The highest BCUT2D eigenvalue weighted by molar-refractivity contribution is 6.32. The summed E-state index contributed by atoms with van der Waals surface area (Å²) in [7, 11) is 1.18. The number of rotatable bonds is 20. The average Bonchev–Trinajstić information content (AvgIpc) is 0.766. The molecule has 0 aromatic heterocycles. The summed E-state index contributed by atoms with van der Waals surface area (Å²) in [5, 5.41) is 139. The van der Waals surface area contributed by atoms with Gasteiger partial charge in [0.2, 0.25) is 53.4 Å². The molecule has 11 bridgehead atoms. The Balaban J connectivity index is 1.02. The summed E-state index contributed by atoms with van der Waals surface area (Å²) in [5.41, 5.74) is 9.35. The molecule has 0 unspecified atom stereocenters. The molecule has 0 saturated carbocycles. The maximum Gasteiger partial charge on any atom is 0.330 e. The van der Waals surface area contributed by atoms with E-state index in [1.165, 1.54) is 39.1 Å². The number of ether oxygens (including phenoxy) is 8. The lowest BCUT2D eigenvalue weighted by Gasteiger charge is -2.48. The van der Waals surface area contributed by atoms with Gasteiger partial charge in [0, 0.05) is 65.3 Å². The van der Waals surface area contributed by atoms with Gasteiger partial charge in [-0.2, -0.15) is 0 Å². The normalized spacial score (nSPS) is 29.4. The van der Waals surface area contributed by atoms with Crippen LogP contribution in [0.1, 0.15) is 131 Å². The third-order valence-corrected chi connectivity index (χ3v) is 24.0. The van der Waals surface area contributed by atoms with Crippen LogP contribution in [0.2, 0.25) is 15.1 Å². The van der Waals surface area contributed by atoms with Gasteiger partial charge in [0.1, 0.15) is 95.5 Å². The second-order valence-corrected chi connectivity index (χ2v) is 34.3. The first-order valence-corrected chi connectivity index (χ1v) is 41.5. The van der Waals surface area contributed by atoms with Crippen molar-refractivity contribution in [3.05, 3.63) is 181 Å². The summed E-state index contributed by atoms with van der Waals surface area (Å²) in [6, 6.07) is 13.4. The number of carboxylic acid groups (broad SMARTS) is 1. The van der Waals surface area contributed by atoms with Crippen molar-refractivity contribution in [2.24, 2.45) is 22.7 Å². The molecule has 15 rings (SSSR count). The molecular formula is C86H96Cl3N11O27. The number of aliphatic hydroxyl groups is 6. The maximum absolute atomic E-state index is 16.6. The van der Waals surface area contributed by atoms with Gasteiger partial charge >= 0.3 is 5.97 Å². The van der Waals surface area contributed by atoms with Crippen LogP contribution in [0.15, 0.2) is 133 Å². The van der Waals surface area contributed by atoms with E-state index in [0.29, 0.717) is 5.02 Å². The number of phenolic OH excluding ortho intramolecular Hbond substituents is 3. The first kappa shape index (κ1) is 93.5. The predicted octanol–water partition coefficient (Wildman–Crippen LogP) is 4.89. The number of aromatic hydroxyl groups is 3. The summed E-state index contributed by atoms with van der Waals surface area (Å²) in [4.78, 5) is 133. The summed E-state index contributed by atoms with van der Waals surface area (Å²) in [6.07, 6.45) is -23.6. The number of hydrogen-bond acceptors (Lipinski definition) is 29. The molecule has 0 spiro atoms. The van der Waals surface area contributed by atoms with Gasteiger partial charge in [0.05, 0.1) is 52.8 Å². The molecule has 38 nitrogen and oxygen atoms in total. The number of phenols is 3.